The van der Waals surface area contributed by atoms with Crippen molar-refractivity contribution < 1.29 is 0 Å². The van der Waals surface area contributed by atoms with Gasteiger partial charge in [-0.05, 0) is 42.8 Å². The Bertz CT molecular complexity index is 1480. The van der Waals surface area contributed by atoms with Gasteiger partial charge in [0.25, 0.3) is 5.56 Å². The van der Waals surface area contributed by atoms with Gasteiger partial charge >= 0.3 is 0 Å². The molecule has 0 bridgehead atoms. The quantitative estimate of drug-likeness (QED) is 0.373. The normalized spacial score (nSPS) is 12.1. The summed E-state index contributed by atoms with van der Waals surface area (Å²) in [6.07, 6.45) is 5.28. The Morgan fingerprint density at radius 1 is 1.12 bits per heavy atom. The molecule has 5 rings (SSSR count). The molecule has 2 N–H and O–H groups in total. The monoisotopic (exact) mass is 456 g/mol. The number of hydrogen-bond donors (Lipinski definition) is 2. The molecule has 0 unspecified atom stereocenters. The smallest absolute Gasteiger partial charge is 0.253 e. The minimum Gasteiger partial charge on any atom is -0.347 e. The highest BCUT2D eigenvalue weighted by Crippen LogP contribution is 2.23. The molecule has 0 radical (unpaired) electrons. The van der Waals surface area contributed by atoms with Crippen LogP contribution in [0.3, 0.4) is 0 Å². The van der Waals surface area contributed by atoms with E-state index in [4.69, 9.17) is 11.6 Å². The Labute approximate surface area is 195 Å². The van der Waals surface area contributed by atoms with E-state index in [2.05, 4.69) is 37.4 Å². The van der Waals surface area contributed by atoms with Crippen molar-refractivity contribution >= 4 is 28.5 Å². The maximum absolute atomic E-state index is 12.6. The van der Waals surface area contributed by atoms with Crippen molar-refractivity contribution in [3.8, 4) is 11.4 Å². The molecular formula is C25H21ClN6O. The number of imidazole rings is 1. The van der Waals surface area contributed by atoms with Crippen molar-refractivity contribution in [1.82, 2.24) is 24.5 Å². The molecule has 3 aromatic heterocycles. The summed E-state index contributed by atoms with van der Waals surface area (Å²) in [6, 6.07) is 18.9. The van der Waals surface area contributed by atoms with Crippen LogP contribution in [0.15, 0.2) is 84.2 Å². The van der Waals surface area contributed by atoms with Crippen LogP contribution in [0.5, 0.6) is 0 Å². The molecule has 1 atom stereocenters. The number of hydrogen-bond acceptors (Lipinski definition) is 5. The second-order valence-corrected chi connectivity index (χ2v) is 8.25. The molecule has 5 aromatic rings. The molecule has 0 spiro atoms. The molecule has 164 valence electrons. The molecule has 0 saturated carbocycles. The van der Waals surface area contributed by atoms with Crippen molar-refractivity contribution in [2.45, 2.75) is 19.5 Å². The Morgan fingerprint density at radius 3 is 2.82 bits per heavy atom. The first-order valence-electron chi connectivity index (χ1n) is 10.5. The molecule has 0 amide bonds. The van der Waals surface area contributed by atoms with Crippen molar-refractivity contribution in [1.29, 1.82) is 0 Å². The Kier molecular flexibility index (Phi) is 5.62. The largest absolute Gasteiger partial charge is 0.347 e. The molecule has 0 aliphatic rings. The van der Waals surface area contributed by atoms with Gasteiger partial charge in [0.1, 0.15) is 0 Å². The minimum absolute atomic E-state index is 0.165. The molecule has 0 saturated heterocycles. The third-order valence-corrected chi connectivity index (χ3v) is 5.71. The van der Waals surface area contributed by atoms with Crippen LogP contribution in [0.4, 0.5) is 5.95 Å². The fraction of sp³-hybridized carbons (Fsp3) is 0.120. The third-order valence-electron chi connectivity index (χ3n) is 5.47. The number of nitrogens with one attached hydrogen (secondary N) is 2. The van der Waals surface area contributed by atoms with Crippen LogP contribution in [0.1, 0.15) is 24.1 Å². The number of aromatic nitrogens is 5. The van der Waals surface area contributed by atoms with Crippen LogP contribution in [0.2, 0.25) is 5.02 Å². The van der Waals surface area contributed by atoms with Gasteiger partial charge in [0.05, 0.1) is 30.0 Å². The van der Waals surface area contributed by atoms with E-state index in [1.165, 1.54) is 5.56 Å². The number of nitrogens with zero attached hydrogens (tertiary/aromatic N) is 4. The summed E-state index contributed by atoms with van der Waals surface area (Å²) < 4.78 is 2.04. The average molecular weight is 457 g/mol. The summed E-state index contributed by atoms with van der Waals surface area (Å²) in [5, 5.41) is 4.73. The van der Waals surface area contributed by atoms with Gasteiger partial charge in [-0.15, -0.1) is 0 Å². The molecule has 0 fully saturated rings. The van der Waals surface area contributed by atoms with Crippen molar-refractivity contribution in [3.63, 3.8) is 0 Å². The third kappa shape index (κ3) is 4.49. The van der Waals surface area contributed by atoms with E-state index >= 15 is 0 Å². The average Bonchev–Trinajstić information content (AvgIpc) is 3.28. The van der Waals surface area contributed by atoms with Crippen molar-refractivity contribution in [3.05, 3.63) is 106 Å². The van der Waals surface area contributed by atoms with E-state index < -0.39 is 0 Å². The van der Waals surface area contributed by atoms with Crippen LogP contribution >= 0.6 is 11.6 Å². The van der Waals surface area contributed by atoms with E-state index in [9.17, 15) is 4.79 Å². The lowest BCUT2D eigenvalue weighted by atomic mass is 10.1. The van der Waals surface area contributed by atoms with Crippen molar-refractivity contribution in [2.24, 2.45) is 0 Å². The minimum atomic E-state index is -0.318. The second kappa shape index (κ2) is 8.88. The van der Waals surface area contributed by atoms with Crippen LogP contribution < -0.4 is 10.9 Å². The predicted molar refractivity (Wildman–Crippen MR) is 130 cm³/mol. The highest BCUT2D eigenvalue weighted by Gasteiger charge is 2.14. The number of benzene rings is 2. The van der Waals surface area contributed by atoms with Crippen LogP contribution in [0, 0.1) is 0 Å². The summed E-state index contributed by atoms with van der Waals surface area (Å²) in [6.45, 7) is 2.59. The summed E-state index contributed by atoms with van der Waals surface area (Å²) in [7, 11) is 0. The standard InChI is InChI=1S/C25H21ClN6O/c1-16(20-12-18-11-19(26)7-8-21(18)30-24(20)33)29-25-28-10-9-22(31-25)23-13-27-15-32(23)14-17-5-3-2-4-6-17/h2-13,15-16H,14H2,1H3,(H,30,33)(H,28,29,31)/t16-/m0/s1. The summed E-state index contributed by atoms with van der Waals surface area (Å²) in [5.74, 6) is 0.429. The van der Waals surface area contributed by atoms with Gasteiger partial charge in [-0.2, -0.15) is 0 Å². The van der Waals surface area contributed by atoms with Gasteiger partial charge in [0, 0.05) is 34.2 Å². The van der Waals surface area contributed by atoms with Gasteiger partial charge in [-0.3, -0.25) is 4.79 Å². The Balaban J connectivity index is 1.41. The van der Waals surface area contributed by atoms with E-state index in [1.807, 2.05) is 47.9 Å². The zero-order valence-corrected chi connectivity index (χ0v) is 18.6. The number of rotatable bonds is 6. The lowest BCUT2D eigenvalue weighted by Crippen LogP contribution is -2.20. The fourth-order valence-electron chi connectivity index (χ4n) is 3.80. The van der Waals surface area contributed by atoms with Crippen LogP contribution in [0.25, 0.3) is 22.3 Å². The molecule has 2 aromatic carbocycles. The molecule has 3 heterocycles. The summed E-state index contributed by atoms with van der Waals surface area (Å²) in [5.41, 5.74) is 3.95. The van der Waals surface area contributed by atoms with Gasteiger partial charge < -0.3 is 14.9 Å². The van der Waals surface area contributed by atoms with Crippen LogP contribution in [-0.2, 0) is 6.54 Å². The highest BCUT2D eigenvalue weighted by atomic mass is 35.5. The lowest BCUT2D eigenvalue weighted by Gasteiger charge is -2.15. The van der Waals surface area contributed by atoms with Crippen LogP contribution in [-0.4, -0.2) is 24.5 Å². The lowest BCUT2D eigenvalue weighted by molar-refractivity contribution is 0.800. The fourth-order valence-corrected chi connectivity index (χ4v) is 3.98. The first kappa shape index (κ1) is 20.9. The second-order valence-electron chi connectivity index (χ2n) is 7.81. The van der Waals surface area contributed by atoms with E-state index in [0.29, 0.717) is 23.1 Å². The maximum atomic E-state index is 12.6. The number of H-pyrrole nitrogens is 1. The summed E-state index contributed by atoms with van der Waals surface area (Å²) in [4.78, 5) is 28.9. The number of pyridine rings is 1. The SMILES string of the molecule is C[C@H](Nc1nccc(-c2cncn2Cc2ccccc2)n1)c1cc2cc(Cl)ccc2[nH]c1=O. The molecule has 33 heavy (non-hydrogen) atoms. The maximum Gasteiger partial charge on any atom is 0.253 e. The van der Waals surface area contributed by atoms with Gasteiger partial charge in [-0.1, -0.05) is 41.9 Å². The molecule has 8 heteroatoms. The Morgan fingerprint density at radius 2 is 1.97 bits per heavy atom. The first-order valence-corrected chi connectivity index (χ1v) is 10.9. The summed E-state index contributed by atoms with van der Waals surface area (Å²) >= 11 is 6.12. The number of anilines is 1. The van der Waals surface area contributed by atoms with Gasteiger partial charge in [0.2, 0.25) is 5.95 Å². The zero-order valence-electron chi connectivity index (χ0n) is 17.9. The van der Waals surface area contributed by atoms with E-state index in [-0.39, 0.29) is 11.6 Å². The highest BCUT2D eigenvalue weighted by molar-refractivity contribution is 6.31. The zero-order chi connectivity index (χ0) is 22.8. The predicted octanol–water partition coefficient (Wildman–Crippen LogP) is 5.06. The van der Waals surface area contributed by atoms with E-state index in [1.54, 1.807) is 30.9 Å². The molecule has 0 aliphatic heterocycles. The number of halogens is 1. The molecule has 0 aliphatic carbocycles. The number of fused-ring (bicyclic) bond motifs is 1. The molecule has 7 nitrogen and oxygen atoms in total. The van der Waals surface area contributed by atoms with Gasteiger partial charge in [0.15, 0.2) is 0 Å². The molecular weight excluding hydrogens is 436 g/mol. The topological polar surface area (TPSA) is 88.5 Å². The number of aromatic amines is 1. The van der Waals surface area contributed by atoms with Crippen molar-refractivity contribution in [2.75, 3.05) is 5.32 Å². The first-order chi connectivity index (χ1) is 16.1. The van der Waals surface area contributed by atoms with E-state index in [0.717, 1.165) is 22.3 Å². The Hall–Kier alpha value is -3.97. The van der Waals surface area contributed by atoms with Gasteiger partial charge in [-0.25, -0.2) is 15.0 Å².